The minimum absolute atomic E-state index is 0.00109. The van der Waals surface area contributed by atoms with Gasteiger partial charge >= 0.3 is 13.7 Å². The van der Waals surface area contributed by atoms with Gasteiger partial charge < -0.3 is 34.3 Å². The molecule has 4 N–H and O–H groups in total. The molecule has 2 aromatic carbocycles. The lowest BCUT2D eigenvalue weighted by molar-refractivity contribution is -0.220. The van der Waals surface area contributed by atoms with E-state index >= 15 is 4.39 Å². The predicted molar refractivity (Wildman–Crippen MR) is 201 cm³/mol. The van der Waals surface area contributed by atoms with Crippen molar-refractivity contribution in [2.45, 2.75) is 91.1 Å². The number of aliphatic hydroxyl groups excluding tert-OH is 1. The lowest BCUT2D eigenvalue weighted by Gasteiger charge is -2.31. The highest BCUT2D eigenvalue weighted by molar-refractivity contribution is 7.63. The number of nitrogen functional groups attached to an aromatic ring is 1. The van der Waals surface area contributed by atoms with Gasteiger partial charge in [0.1, 0.15) is 36.1 Å². The summed E-state index contributed by atoms with van der Waals surface area (Å²) in [6.45, 7) is 8.90. The van der Waals surface area contributed by atoms with E-state index in [2.05, 4.69) is 40.8 Å². The van der Waals surface area contributed by atoms with Crippen LogP contribution in [-0.4, -0.2) is 61.6 Å². The molecule has 0 aliphatic carbocycles. The van der Waals surface area contributed by atoms with Crippen LogP contribution in [0.25, 0.3) is 11.2 Å². The van der Waals surface area contributed by atoms with Crippen LogP contribution >= 0.6 is 27.2 Å². The number of benzene rings is 2. The van der Waals surface area contributed by atoms with E-state index in [-0.39, 0.29) is 34.6 Å². The second-order valence-electron chi connectivity index (χ2n) is 13.0. The molecule has 0 amide bonds. The number of hydrogen-bond donors (Lipinski definition) is 3. The van der Waals surface area contributed by atoms with Crippen LogP contribution in [0.3, 0.4) is 0 Å². The van der Waals surface area contributed by atoms with Crippen LogP contribution in [0.4, 0.5) is 10.2 Å². The van der Waals surface area contributed by atoms with Crippen molar-refractivity contribution in [2.24, 2.45) is 11.8 Å². The van der Waals surface area contributed by atoms with Gasteiger partial charge in [-0.2, -0.15) is 15.1 Å². The summed E-state index contributed by atoms with van der Waals surface area (Å²) < 4.78 is 69.6. The molecule has 55 heavy (non-hydrogen) atoms. The van der Waals surface area contributed by atoms with Gasteiger partial charge in [-0.15, -0.1) is 0 Å². The number of nitrogens with two attached hydrogens (primary N) is 1. The van der Waals surface area contributed by atoms with Gasteiger partial charge in [0.15, 0.2) is 23.9 Å². The van der Waals surface area contributed by atoms with Crippen LogP contribution in [0.15, 0.2) is 67.0 Å². The first-order chi connectivity index (χ1) is 26.1. The monoisotopic (exact) mass is 827 g/mol. The molecule has 7 atom stereocenters. The third-order valence-corrected chi connectivity index (χ3v) is 12.1. The van der Waals surface area contributed by atoms with Gasteiger partial charge in [0.2, 0.25) is 5.28 Å². The second kappa shape index (κ2) is 20.1. The van der Waals surface area contributed by atoms with E-state index in [1.807, 2.05) is 0 Å². The third-order valence-electron chi connectivity index (χ3n) is 8.74. The molecule has 0 spiro atoms. The summed E-state index contributed by atoms with van der Waals surface area (Å²) in [4.78, 5) is 37.9. The van der Waals surface area contributed by atoms with E-state index in [1.165, 1.54) is 43.5 Å². The Hall–Kier alpha value is -3.50. The second-order valence-corrected chi connectivity index (χ2v) is 16.5. The van der Waals surface area contributed by atoms with Gasteiger partial charge in [-0.1, -0.05) is 102 Å². The minimum atomic E-state index is -5.60. The van der Waals surface area contributed by atoms with Crippen molar-refractivity contribution >= 4 is 50.1 Å². The molecular formula is C35H47ClFN6O10P2-. The largest absolute Gasteiger partial charge is 0.756 e. The first-order valence-corrected chi connectivity index (χ1v) is 21.1. The van der Waals surface area contributed by atoms with Crippen molar-refractivity contribution in [1.29, 1.82) is 0 Å². The molecule has 20 heteroatoms. The Morgan fingerprint density at radius 2 is 1.69 bits per heavy atom. The number of aromatic nitrogens is 4. The zero-order chi connectivity index (χ0) is 40.3. The smallest absolute Gasteiger partial charge is 0.465 e. The van der Waals surface area contributed by atoms with Gasteiger partial charge in [-0.25, -0.2) is 18.3 Å². The van der Waals surface area contributed by atoms with E-state index in [0.29, 0.717) is 5.56 Å². The Morgan fingerprint density at radius 1 is 1.07 bits per heavy atom. The van der Waals surface area contributed by atoms with E-state index < -0.39 is 64.7 Å². The van der Waals surface area contributed by atoms with Crippen LogP contribution in [-0.2, 0) is 38.8 Å². The maximum atomic E-state index is 15.2. The normalized spacial score (nSPS) is 21.1. The molecule has 1 fully saturated rings. The molecule has 1 aliphatic rings. The molecule has 4 aromatic rings. The highest BCUT2D eigenvalue weighted by Crippen LogP contribution is 2.59. The van der Waals surface area contributed by atoms with Crippen LogP contribution in [0, 0.1) is 11.8 Å². The molecule has 3 heterocycles. The number of imidazole rings is 1. The highest BCUT2D eigenvalue weighted by Gasteiger charge is 2.47. The number of esters is 1. The Morgan fingerprint density at radius 3 is 2.27 bits per heavy atom. The number of aliphatic hydroxyl groups is 1. The molecule has 3 unspecified atom stereocenters. The number of fused-ring (bicyclic) bond motifs is 1. The average molecular weight is 828 g/mol. The van der Waals surface area contributed by atoms with Crippen LogP contribution in [0.5, 0.6) is 5.75 Å². The van der Waals surface area contributed by atoms with Crippen molar-refractivity contribution in [3.63, 3.8) is 0 Å². The SMILES string of the molecule is CC(C)[C@H](NP(=O)(Oc1ccccc1)OP(=O)([O-])OC[C@H]1O[C@@H](n2cnc3c(N)nc(Cl)nc32)[C@H](F)C1O)C(=O)OCc1ccccc1.CCC(CC)CC. The van der Waals surface area contributed by atoms with Gasteiger partial charge in [0, 0.05) is 0 Å². The van der Waals surface area contributed by atoms with E-state index in [9.17, 15) is 23.9 Å². The topological polar surface area (TPSA) is 222 Å². The summed E-state index contributed by atoms with van der Waals surface area (Å²) >= 11 is 5.87. The number of alkyl halides is 1. The molecule has 0 saturated carbocycles. The number of carbonyl (C=O) groups excluding carboxylic acids is 1. The van der Waals surface area contributed by atoms with Crippen LogP contribution in [0.2, 0.25) is 5.28 Å². The fourth-order valence-electron chi connectivity index (χ4n) is 5.50. The fourth-order valence-corrected chi connectivity index (χ4v) is 8.76. The number of nitrogens with zero attached hydrogens (tertiary/aromatic N) is 4. The quantitative estimate of drug-likeness (QED) is 0.0584. The lowest BCUT2D eigenvalue weighted by atomic mass is 10.0. The Bertz CT molecular complexity index is 1920. The standard InChI is InChI=1S/C28H32ClFN6O10P2.C7H16/c1-16(2)21(27(38)42-13-17-9-5-3-6-10-17)35-47(39,45-18-11-7-4-8-12-18)46-48(40,41)43-14-19-23(37)20(30)26(44-19)36-15-32-22-24(31)33-28(29)34-25(22)36;1-4-7(5-2)6-3/h3-12,15-16,19-21,23,26,37H,13-14H2,1-2H3,(H,35,39)(H,40,41)(H2,31,33,34);7H,4-6H2,1-3H3/p-1/t19-,20-,21+,23?,26-,47?;/m1./s1. The number of phosphoric ester groups is 1. The Labute approximate surface area is 324 Å². The number of ether oxygens (including phenoxy) is 2. The summed E-state index contributed by atoms with van der Waals surface area (Å²) in [7, 11) is -10.6. The van der Waals surface area contributed by atoms with Crippen molar-refractivity contribution < 1.29 is 51.1 Å². The Balaban J connectivity index is 0.000000876. The van der Waals surface area contributed by atoms with E-state index in [4.69, 9.17) is 40.2 Å². The zero-order valence-electron chi connectivity index (χ0n) is 31.1. The zero-order valence-corrected chi connectivity index (χ0v) is 33.6. The molecule has 1 saturated heterocycles. The van der Waals surface area contributed by atoms with E-state index in [1.54, 1.807) is 50.2 Å². The average Bonchev–Trinajstić information content (AvgIpc) is 3.69. The first kappa shape index (κ1) is 44.2. The van der Waals surface area contributed by atoms with Crippen molar-refractivity contribution in [1.82, 2.24) is 24.6 Å². The molecule has 1 aliphatic heterocycles. The van der Waals surface area contributed by atoms with Gasteiger partial charge in [0.05, 0.1) is 12.9 Å². The molecule has 0 bridgehead atoms. The molecule has 5 rings (SSSR count). The van der Waals surface area contributed by atoms with E-state index in [0.717, 1.165) is 16.8 Å². The van der Waals surface area contributed by atoms with Gasteiger partial charge in [-0.05, 0) is 41.1 Å². The van der Waals surface area contributed by atoms with Crippen LogP contribution < -0.4 is 20.2 Å². The maximum absolute atomic E-state index is 15.2. The number of nitrogens with one attached hydrogen (secondary N) is 1. The summed E-state index contributed by atoms with van der Waals surface area (Å²) in [5.74, 6) is -0.615. The fraction of sp³-hybridized carbons (Fsp3) is 0.486. The minimum Gasteiger partial charge on any atom is -0.756 e. The molecule has 2 aromatic heterocycles. The van der Waals surface area contributed by atoms with Gasteiger partial charge in [-0.3, -0.25) is 13.9 Å². The maximum Gasteiger partial charge on any atom is 0.465 e. The number of anilines is 1. The molecule has 0 radical (unpaired) electrons. The number of hydrogen-bond acceptors (Lipinski definition) is 14. The summed E-state index contributed by atoms with van der Waals surface area (Å²) in [6, 6.07) is 14.9. The van der Waals surface area contributed by atoms with Crippen molar-refractivity contribution in [3.8, 4) is 5.75 Å². The number of carbonyl (C=O) groups is 1. The molecular weight excluding hydrogens is 781 g/mol. The number of halogens is 2. The van der Waals surface area contributed by atoms with Gasteiger partial charge in [0.25, 0.3) is 7.82 Å². The number of rotatable bonds is 17. The van der Waals surface area contributed by atoms with Crippen molar-refractivity contribution in [2.75, 3.05) is 12.3 Å². The molecule has 302 valence electrons. The van der Waals surface area contributed by atoms with Crippen LogP contribution in [0.1, 0.15) is 65.7 Å². The summed E-state index contributed by atoms with van der Waals surface area (Å²) in [5.41, 5.74) is 6.57. The number of phosphoric acid groups is 1. The lowest BCUT2D eigenvalue weighted by Crippen LogP contribution is -2.41. The van der Waals surface area contributed by atoms with Crippen molar-refractivity contribution in [3.05, 3.63) is 77.8 Å². The number of para-hydroxylation sites is 1. The third kappa shape index (κ3) is 12.2. The highest BCUT2D eigenvalue weighted by atomic mass is 35.5. The summed E-state index contributed by atoms with van der Waals surface area (Å²) in [5, 5.41) is 12.6. The predicted octanol–water partition coefficient (Wildman–Crippen LogP) is 6.54. The summed E-state index contributed by atoms with van der Waals surface area (Å²) in [6.07, 6.45) is -1.91. The molecule has 16 nitrogen and oxygen atoms in total. The first-order valence-electron chi connectivity index (χ1n) is 17.7. The Kier molecular flexibility index (Phi) is 16.1.